The monoisotopic (exact) mass is 356 g/mol. The molecular weight excluding hydrogens is 340 g/mol. The van der Waals surface area contributed by atoms with Crippen LogP contribution in [0.5, 0.6) is 0 Å². The minimum absolute atomic E-state index is 0.367. The number of nitrogens with one attached hydrogen (secondary N) is 1. The lowest BCUT2D eigenvalue weighted by Crippen LogP contribution is -2.39. The number of carboxylic acid groups (broad SMARTS) is 1. The lowest BCUT2D eigenvalue weighted by Gasteiger charge is -2.20. The van der Waals surface area contributed by atoms with Gasteiger partial charge in [-0.1, -0.05) is 42.0 Å². The molecule has 4 rings (SSSR count). The molecule has 1 aromatic carbocycles. The Morgan fingerprint density at radius 2 is 1.84 bits per heavy atom. The molecule has 2 aliphatic heterocycles. The predicted octanol–water partition coefficient (Wildman–Crippen LogP) is 2.71. The summed E-state index contributed by atoms with van der Waals surface area (Å²) in [4.78, 5) is 28.5. The van der Waals surface area contributed by atoms with Gasteiger partial charge in [0.1, 0.15) is 5.92 Å². The Balaban J connectivity index is 1.51. The maximum Gasteiger partial charge on any atom is 0.310 e. The summed E-state index contributed by atoms with van der Waals surface area (Å²) in [5, 5.41) is 14.5. The number of nitrogens with zero attached hydrogens (tertiary/aromatic N) is 1. The van der Waals surface area contributed by atoms with E-state index in [9.17, 15) is 14.7 Å². The third-order valence-electron chi connectivity index (χ3n) is 4.57. The van der Waals surface area contributed by atoms with Crippen molar-refractivity contribution in [2.24, 2.45) is 11.8 Å². The second-order valence-corrected chi connectivity index (χ2v) is 7.09. The third kappa shape index (κ3) is 2.85. The highest BCUT2D eigenvalue weighted by molar-refractivity contribution is 7.14. The van der Waals surface area contributed by atoms with Gasteiger partial charge in [0.05, 0.1) is 23.8 Å². The highest BCUT2D eigenvalue weighted by Gasteiger charge is 2.53. The molecule has 1 aromatic heterocycles. The summed E-state index contributed by atoms with van der Waals surface area (Å²) < 4.78 is 5.53. The molecule has 1 saturated heterocycles. The topological polar surface area (TPSA) is 88.5 Å². The first kappa shape index (κ1) is 16.0. The highest BCUT2D eigenvalue weighted by atomic mass is 32.1. The van der Waals surface area contributed by atoms with Gasteiger partial charge in [-0.15, -0.1) is 11.3 Å². The van der Waals surface area contributed by atoms with Crippen molar-refractivity contribution >= 4 is 28.3 Å². The second-order valence-electron chi connectivity index (χ2n) is 6.23. The largest absolute Gasteiger partial charge is 0.481 e. The third-order valence-corrected chi connectivity index (χ3v) is 5.33. The molecule has 2 aromatic rings. The first-order chi connectivity index (χ1) is 12.0. The predicted molar refractivity (Wildman–Crippen MR) is 93.3 cm³/mol. The van der Waals surface area contributed by atoms with E-state index < -0.39 is 30.0 Å². The van der Waals surface area contributed by atoms with Gasteiger partial charge >= 0.3 is 5.97 Å². The molecule has 0 spiro atoms. The molecule has 4 atom stereocenters. The van der Waals surface area contributed by atoms with Crippen molar-refractivity contribution in [2.75, 3.05) is 5.32 Å². The summed E-state index contributed by atoms with van der Waals surface area (Å²) in [6, 6.07) is 7.96. The smallest absolute Gasteiger partial charge is 0.310 e. The quantitative estimate of drug-likeness (QED) is 0.823. The van der Waals surface area contributed by atoms with Gasteiger partial charge < -0.3 is 15.2 Å². The number of benzene rings is 1. The highest BCUT2D eigenvalue weighted by Crippen LogP contribution is 2.40. The van der Waals surface area contributed by atoms with Crippen LogP contribution >= 0.6 is 11.3 Å². The van der Waals surface area contributed by atoms with Crippen molar-refractivity contribution in [1.82, 2.24) is 4.98 Å². The fourth-order valence-corrected chi connectivity index (χ4v) is 4.01. The van der Waals surface area contributed by atoms with Crippen LogP contribution in [0.15, 0.2) is 41.8 Å². The lowest BCUT2D eigenvalue weighted by molar-refractivity contribution is -0.145. The molecule has 3 heterocycles. The van der Waals surface area contributed by atoms with Crippen LogP contribution in [0, 0.1) is 18.8 Å². The van der Waals surface area contributed by atoms with Gasteiger partial charge in [-0.05, 0) is 6.92 Å². The van der Waals surface area contributed by atoms with E-state index >= 15 is 0 Å². The van der Waals surface area contributed by atoms with E-state index in [0.717, 1.165) is 16.8 Å². The van der Waals surface area contributed by atoms with Crippen LogP contribution < -0.4 is 5.32 Å². The van der Waals surface area contributed by atoms with E-state index in [1.807, 2.05) is 36.6 Å². The number of rotatable bonds is 4. The first-order valence-corrected chi connectivity index (χ1v) is 8.81. The molecule has 0 aliphatic carbocycles. The van der Waals surface area contributed by atoms with E-state index in [0.29, 0.717) is 5.13 Å². The minimum Gasteiger partial charge on any atom is -0.481 e. The first-order valence-electron chi connectivity index (χ1n) is 7.93. The number of hydrogen-bond donors (Lipinski definition) is 2. The lowest BCUT2D eigenvalue weighted by atomic mass is 9.82. The summed E-state index contributed by atoms with van der Waals surface area (Å²) in [6.45, 7) is 2.02. The number of amides is 1. The number of ether oxygens (including phenoxy) is 1. The molecule has 0 radical (unpaired) electrons. The van der Waals surface area contributed by atoms with Gasteiger partial charge in [0.15, 0.2) is 5.13 Å². The van der Waals surface area contributed by atoms with Crippen molar-refractivity contribution in [3.8, 4) is 11.3 Å². The number of aryl methyl sites for hydroxylation is 1. The van der Waals surface area contributed by atoms with Crippen LogP contribution in [0.4, 0.5) is 5.13 Å². The van der Waals surface area contributed by atoms with Gasteiger partial charge in [-0.25, -0.2) is 4.98 Å². The maximum absolute atomic E-state index is 12.6. The Labute approximate surface area is 148 Å². The average Bonchev–Trinajstić information content (AvgIpc) is 3.30. The van der Waals surface area contributed by atoms with Gasteiger partial charge in [-0.2, -0.15) is 0 Å². The minimum atomic E-state index is -1.02. The van der Waals surface area contributed by atoms with E-state index in [2.05, 4.69) is 10.3 Å². The normalized spacial score (nSPS) is 26.8. The summed E-state index contributed by atoms with van der Waals surface area (Å²) in [5.74, 6) is -2.98. The Kier molecular flexibility index (Phi) is 3.89. The number of aliphatic carboxylic acids is 1. The van der Waals surface area contributed by atoms with Crippen LogP contribution in [-0.4, -0.2) is 34.2 Å². The number of carbonyl (C=O) groups is 2. The van der Waals surface area contributed by atoms with Crippen LogP contribution in [0.1, 0.15) is 5.56 Å². The molecule has 7 heteroatoms. The van der Waals surface area contributed by atoms with E-state index in [1.54, 1.807) is 12.2 Å². The van der Waals surface area contributed by atoms with Gasteiger partial charge in [0.2, 0.25) is 5.91 Å². The second kappa shape index (κ2) is 6.09. The molecule has 6 nitrogen and oxygen atoms in total. The molecule has 2 aliphatic rings. The van der Waals surface area contributed by atoms with Crippen molar-refractivity contribution in [2.45, 2.75) is 19.1 Å². The van der Waals surface area contributed by atoms with Gasteiger partial charge in [-0.3, -0.25) is 9.59 Å². The molecular formula is C18H16N2O4S. The van der Waals surface area contributed by atoms with Crippen LogP contribution in [-0.2, 0) is 14.3 Å². The SMILES string of the molecule is Cc1ccc(-c2csc(NC(=O)[C@@H]3[C@@H](C(=O)O)[C@@H]4C=C[C@H]3O4)n2)cc1. The molecule has 0 unspecified atom stereocenters. The molecule has 1 fully saturated rings. The van der Waals surface area contributed by atoms with Crippen LogP contribution in [0.2, 0.25) is 0 Å². The van der Waals surface area contributed by atoms with Crippen molar-refractivity contribution in [3.63, 3.8) is 0 Å². The van der Waals surface area contributed by atoms with Gasteiger partial charge in [0.25, 0.3) is 0 Å². The van der Waals surface area contributed by atoms with Crippen LogP contribution in [0.25, 0.3) is 11.3 Å². The van der Waals surface area contributed by atoms with Crippen LogP contribution in [0.3, 0.4) is 0 Å². The van der Waals surface area contributed by atoms with E-state index in [4.69, 9.17) is 4.74 Å². The number of anilines is 1. The number of aromatic nitrogens is 1. The zero-order valence-corrected chi connectivity index (χ0v) is 14.2. The fourth-order valence-electron chi connectivity index (χ4n) is 3.29. The molecule has 128 valence electrons. The Hall–Kier alpha value is -2.51. The van der Waals surface area contributed by atoms with E-state index in [1.165, 1.54) is 11.3 Å². The number of hydrogen-bond acceptors (Lipinski definition) is 5. The summed E-state index contributed by atoms with van der Waals surface area (Å²) in [5.41, 5.74) is 2.91. The van der Waals surface area contributed by atoms with Crippen molar-refractivity contribution < 1.29 is 19.4 Å². The molecule has 0 saturated carbocycles. The Morgan fingerprint density at radius 1 is 1.16 bits per heavy atom. The van der Waals surface area contributed by atoms with E-state index in [-0.39, 0.29) is 5.91 Å². The Morgan fingerprint density at radius 3 is 2.52 bits per heavy atom. The zero-order chi connectivity index (χ0) is 17.6. The number of carbonyl (C=O) groups excluding carboxylic acids is 1. The molecule has 2 bridgehead atoms. The summed E-state index contributed by atoms with van der Waals surface area (Å²) in [7, 11) is 0. The molecule has 1 amide bonds. The number of fused-ring (bicyclic) bond motifs is 2. The number of carboxylic acids is 1. The fraction of sp³-hybridized carbons (Fsp3) is 0.278. The van der Waals surface area contributed by atoms with Gasteiger partial charge in [0, 0.05) is 10.9 Å². The summed E-state index contributed by atoms with van der Waals surface area (Å²) >= 11 is 1.32. The van der Waals surface area contributed by atoms with Crippen molar-refractivity contribution in [3.05, 3.63) is 47.4 Å². The standard InChI is InChI=1S/C18H16N2O4S/c1-9-2-4-10(5-3-9)11-8-25-18(19-11)20-16(21)14-12-6-7-13(24-12)15(14)17(22)23/h2-8,12-15H,1H3,(H,22,23)(H,19,20,21)/t12-,13+,14+,15+/m1/s1. The zero-order valence-electron chi connectivity index (χ0n) is 13.4. The summed E-state index contributed by atoms with van der Waals surface area (Å²) in [6.07, 6.45) is 2.46. The maximum atomic E-state index is 12.6. The average molecular weight is 356 g/mol. The number of thiazole rings is 1. The Bertz CT molecular complexity index is 858. The molecule has 25 heavy (non-hydrogen) atoms. The van der Waals surface area contributed by atoms with Crippen molar-refractivity contribution in [1.29, 1.82) is 0 Å². The molecule has 2 N–H and O–H groups in total.